The van der Waals surface area contributed by atoms with Gasteiger partial charge in [-0.2, -0.15) is 0 Å². The van der Waals surface area contributed by atoms with E-state index in [9.17, 15) is 14.0 Å². The van der Waals surface area contributed by atoms with Crippen molar-refractivity contribution in [3.63, 3.8) is 0 Å². The Balaban J connectivity index is 2.86. The second-order valence-electron chi connectivity index (χ2n) is 3.81. The third-order valence-corrected chi connectivity index (χ3v) is 2.47. The third kappa shape index (κ3) is 3.92. The highest BCUT2D eigenvalue weighted by Gasteiger charge is 2.21. The molecule has 1 atom stereocenters. The second-order valence-corrected chi connectivity index (χ2v) is 3.81. The number of nitrogens with one attached hydrogen (secondary N) is 1. The molecule has 0 radical (unpaired) electrons. The molecule has 0 spiro atoms. The zero-order chi connectivity index (χ0) is 15.1. The quantitative estimate of drug-likeness (QED) is 0.743. The molecule has 6 nitrogen and oxygen atoms in total. The van der Waals surface area contributed by atoms with Gasteiger partial charge in [-0.15, -0.1) is 0 Å². The topological polar surface area (TPSA) is 84.9 Å². The van der Waals surface area contributed by atoms with Gasteiger partial charge < -0.3 is 19.9 Å². The Kier molecular flexibility index (Phi) is 5.92. The number of carbonyl (C=O) groups is 2. The number of esters is 1. The van der Waals surface area contributed by atoms with Gasteiger partial charge in [0.2, 0.25) is 0 Å². The number of hydrogen-bond acceptors (Lipinski definition) is 5. The average molecular weight is 285 g/mol. The van der Waals surface area contributed by atoms with Crippen molar-refractivity contribution in [2.45, 2.75) is 13.0 Å². The molecule has 0 aliphatic heterocycles. The Morgan fingerprint density at radius 3 is 2.70 bits per heavy atom. The molecule has 0 fully saturated rings. The highest BCUT2D eigenvalue weighted by Crippen LogP contribution is 2.18. The van der Waals surface area contributed by atoms with Gasteiger partial charge in [-0.25, -0.2) is 9.18 Å². The predicted molar refractivity (Wildman–Crippen MR) is 67.9 cm³/mol. The first-order valence-electron chi connectivity index (χ1n) is 5.95. The minimum atomic E-state index is -1.17. The van der Waals surface area contributed by atoms with Gasteiger partial charge in [0.05, 0.1) is 20.3 Å². The lowest BCUT2D eigenvalue weighted by atomic mass is 10.1. The molecule has 0 saturated carbocycles. The van der Waals surface area contributed by atoms with E-state index in [1.165, 1.54) is 12.1 Å². The molecule has 0 aliphatic rings. The molecule has 110 valence electrons. The molecule has 0 unspecified atom stereocenters. The van der Waals surface area contributed by atoms with E-state index < -0.39 is 30.3 Å². The zero-order valence-electron chi connectivity index (χ0n) is 11.2. The van der Waals surface area contributed by atoms with Gasteiger partial charge in [0.25, 0.3) is 5.91 Å². The minimum absolute atomic E-state index is 0.0567. The number of ether oxygens (including phenoxy) is 2. The molecule has 0 saturated heterocycles. The first-order chi connectivity index (χ1) is 9.53. The van der Waals surface area contributed by atoms with Gasteiger partial charge >= 0.3 is 5.97 Å². The van der Waals surface area contributed by atoms with Crippen molar-refractivity contribution in [3.05, 3.63) is 29.6 Å². The molecule has 20 heavy (non-hydrogen) atoms. The third-order valence-electron chi connectivity index (χ3n) is 2.47. The van der Waals surface area contributed by atoms with Gasteiger partial charge in [-0.3, -0.25) is 4.79 Å². The molecular weight excluding hydrogens is 269 g/mol. The largest absolute Gasteiger partial charge is 0.491 e. The SMILES string of the molecule is CCOc1cc(C(=O)N[C@H](CO)C(=O)OC)ccc1F. The number of amides is 1. The fourth-order valence-corrected chi connectivity index (χ4v) is 1.47. The van der Waals surface area contributed by atoms with Crippen molar-refractivity contribution >= 4 is 11.9 Å². The lowest BCUT2D eigenvalue weighted by Crippen LogP contribution is -2.44. The first kappa shape index (κ1) is 15.9. The number of halogens is 1. The van der Waals surface area contributed by atoms with Gasteiger partial charge in [0.1, 0.15) is 0 Å². The summed E-state index contributed by atoms with van der Waals surface area (Å²) >= 11 is 0. The highest BCUT2D eigenvalue weighted by atomic mass is 19.1. The molecule has 1 rings (SSSR count). The van der Waals surface area contributed by atoms with Crippen molar-refractivity contribution in [1.29, 1.82) is 0 Å². The molecule has 1 amide bonds. The maximum absolute atomic E-state index is 13.4. The summed E-state index contributed by atoms with van der Waals surface area (Å²) in [6.07, 6.45) is 0. The van der Waals surface area contributed by atoms with Crippen LogP contribution >= 0.6 is 0 Å². The smallest absolute Gasteiger partial charge is 0.330 e. The van der Waals surface area contributed by atoms with Gasteiger partial charge in [0, 0.05) is 5.56 Å². The number of rotatable bonds is 6. The minimum Gasteiger partial charge on any atom is -0.491 e. The highest BCUT2D eigenvalue weighted by molar-refractivity contribution is 5.97. The lowest BCUT2D eigenvalue weighted by molar-refractivity contribution is -0.143. The van der Waals surface area contributed by atoms with Crippen LogP contribution in [0.5, 0.6) is 5.75 Å². The normalized spacial score (nSPS) is 11.6. The van der Waals surface area contributed by atoms with Crippen LogP contribution in [-0.2, 0) is 9.53 Å². The van der Waals surface area contributed by atoms with Crippen LogP contribution < -0.4 is 10.1 Å². The van der Waals surface area contributed by atoms with E-state index >= 15 is 0 Å². The van der Waals surface area contributed by atoms with Crippen molar-refractivity contribution in [2.24, 2.45) is 0 Å². The van der Waals surface area contributed by atoms with Crippen LogP contribution in [0.3, 0.4) is 0 Å². The van der Waals surface area contributed by atoms with Crippen LogP contribution in [0.1, 0.15) is 17.3 Å². The molecular formula is C13H16FNO5. The monoisotopic (exact) mass is 285 g/mol. The molecule has 0 heterocycles. The van der Waals surface area contributed by atoms with E-state index in [0.717, 1.165) is 13.2 Å². The number of aliphatic hydroxyl groups is 1. The maximum atomic E-state index is 13.4. The Hall–Kier alpha value is -2.15. The lowest BCUT2D eigenvalue weighted by Gasteiger charge is -2.14. The van der Waals surface area contributed by atoms with E-state index in [-0.39, 0.29) is 17.9 Å². The van der Waals surface area contributed by atoms with Crippen molar-refractivity contribution < 1.29 is 28.6 Å². The predicted octanol–water partition coefficient (Wildman–Crippen LogP) is 0.488. The first-order valence-corrected chi connectivity index (χ1v) is 5.95. The number of carbonyl (C=O) groups excluding carboxylic acids is 2. The summed E-state index contributed by atoms with van der Waals surface area (Å²) in [5, 5.41) is 11.3. The summed E-state index contributed by atoms with van der Waals surface area (Å²) in [7, 11) is 1.14. The second kappa shape index (κ2) is 7.44. The van der Waals surface area contributed by atoms with Crippen LogP contribution in [0.25, 0.3) is 0 Å². The number of hydrogen-bond donors (Lipinski definition) is 2. The van der Waals surface area contributed by atoms with Gasteiger partial charge in [-0.05, 0) is 25.1 Å². The van der Waals surface area contributed by atoms with Crippen molar-refractivity contribution in [1.82, 2.24) is 5.32 Å². The van der Waals surface area contributed by atoms with Crippen LogP contribution in [0.2, 0.25) is 0 Å². The van der Waals surface area contributed by atoms with Gasteiger partial charge in [-0.1, -0.05) is 0 Å². The van der Waals surface area contributed by atoms with E-state index in [4.69, 9.17) is 9.84 Å². The van der Waals surface area contributed by atoms with Crippen LogP contribution in [0.4, 0.5) is 4.39 Å². The van der Waals surface area contributed by atoms with Crippen molar-refractivity contribution in [2.75, 3.05) is 20.3 Å². The van der Waals surface area contributed by atoms with E-state index in [1.54, 1.807) is 6.92 Å². The van der Waals surface area contributed by atoms with Crippen LogP contribution in [0, 0.1) is 5.82 Å². The number of aliphatic hydroxyl groups excluding tert-OH is 1. The summed E-state index contributed by atoms with van der Waals surface area (Å²) < 4.78 is 22.8. The zero-order valence-corrected chi connectivity index (χ0v) is 11.2. The fraction of sp³-hybridized carbons (Fsp3) is 0.385. The average Bonchev–Trinajstić information content (AvgIpc) is 2.46. The summed E-state index contributed by atoms with van der Waals surface area (Å²) in [5.41, 5.74) is 0.109. The van der Waals surface area contributed by atoms with Crippen molar-refractivity contribution in [3.8, 4) is 5.75 Å². The standard InChI is InChI=1S/C13H16FNO5/c1-3-20-11-6-8(4-5-9(11)14)12(17)15-10(7-16)13(18)19-2/h4-6,10,16H,3,7H2,1-2H3,(H,15,17)/t10-/m1/s1. The Morgan fingerprint density at radius 2 is 2.15 bits per heavy atom. The Bertz CT molecular complexity index is 492. The Labute approximate surface area is 115 Å². The van der Waals surface area contributed by atoms with E-state index in [2.05, 4.69) is 10.1 Å². The van der Waals surface area contributed by atoms with E-state index in [1.807, 2.05) is 0 Å². The summed E-state index contributed by atoms with van der Waals surface area (Å²) in [6, 6.07) is 2.39. The fourth-order valence-electron chi connectivity index (χ4n) is 1.47. The number of methoxy groups -OCH3 is 1. The summed E-state index contributed by atoms with van der Waals surface area (Å²) in [5.74, 6) is -2.06. The van der Waals surface area contributed by atoms with Gasteiger partial charge in [0.15, 0.2) is 17.6 Å². The Morgan fingerprint density at radius 1 is 1.45 bits per heavy atom. The number of benzene rings is 1. The molecule has 2 N–H and O–H groups in total. The molecule has 0 aromatic heterocycles. The molecule has 1 aromatic rings. The summed E-state index contributed by atoms with van der Waals surface area (Å²) in [4.78, 5) is 23.1. The van der Waals surface area contributed by atoms with Crippen LogP contribution in [-0.4, -0.2) is 43.3 Å². The summed E-state index contributed by atoms with van der Waals surface area (Å²) in [6.45, 7) is 1.34. The van der Waals surface area contributed by atoms with Crippen LogP contribution in [0.15, 0.2) is 18.2 Å². The van der Waals surface area contributed by atoms with E-state index in [0.29, 0.717) is 0 Å². The molecule has 0 bridgehead atoms. The molecule has 0 aliphatic carbocycles. The maximum Gasteiger partial charge on any atom is 0.330 e. The molecule has 7 heteroatoms. The molecule has 1 aromatic carbocycles.